The first kappa shape index (κ1) is 15.1. The number of nitrogens with two attached hydrogens (primary N) is 1. The van der Waals surface area contributed by atoms with Crippen LogP contribution in [-0.2, 0) is 0 Å². The topological polar surface area (TPSA) is 84.5 Å². The van der Waals surface area contributed by atoms with Gasteiger partial charge in [0.2, 0.25) is 0 Å². The lowest BCUT2D eigenvalue weighted by Crippen LogP contribution is -2.45. The van der Waals surface area contributed by atoms with Crippen molar-refractivity contribution in [1.29, 1.82) is 5.41 Å². The van der Waals surface area contributed by atoms with Crippen molar-refractivity contribution >= 4 is 17.3 Å². The number of likely N-dealkylation sites (N-methyl/N-ethyl adjacent to an activating group) is 1. The summed E-state index contributed by atoms with van der Waals surface area (Å²) in [6, 6.07) is 4.08. The monoisotopic (exact) mass is 303 g/mol. The van der Waals surface area contributed by atoms with Gasteiger partial charge in [-0.15, -0.1) is 0 Å². The molecule has 0 spiro atoms. The third-order valence-corrected chi connectivity index (χ3v) is 4.38. The SMILES string of the molecule is CN1CCN(c2cc(N3CCNCC3)cc(C(=N)N)n2)CC1. The highest BCUT2D eigenvalue weighted by Crippen LogP contribution is 2.23. The third kappa shape index (κ3) is 3.31. The summed E-state index contributed by atoms with van der Waals surface area (Å²) in [5.74, 6) is 0.974. The summed E-state index contributed by atoms with van der Waals surface area (Å²) < 4.78 is 0. The Kier molecular flexibility index (Phi) is 4.44. The van der Waals surface area contributed by atoms with E-state index in [9.17, 15) is 0 Å². The van der Waals surface area contributed by atoms with Crippen molar-refractivity contribution in [2.24, 2.45) is 5.73 Å². The molecule has 2 aliphatic rings. The zero-order valence-corrected chi connectivity index (χ0v) is 13.2. The Morgan fingerprint density at radius 2 is 1.77 bits per heavy atom. The molecule has 2 fully saturated rings. The van der Waals surface area contributed by atoms with Crippen LogP contribution >= 0.6 is 0 Å². The maximum atomic E-state index is 7.75. The van der Waals surface area contributed by atoms with Gasteiger partial charge in [-0.25, -0.2) is 4.98 Å². The van der Waals surface area contributed by atoms with Gasteiger partial charge in [-0.05, 0) is 13.1 Å². The highest BCUT2D eigenvalue weighted by molar-refractivity contribution is 5.94. The van der Waals surface area contributed by atoms with E-state index in [2.05, 4.69) is 38.1 Å². The molecule has 0 saturated carbocycles. The number of hydrogen-bond donors (Lipinski definition) is 3. The van der Waals surface area contributed by atoms with Crippen LogP contribution in [0.15, 0.2) is 12.1 Å². The predicted molar refractivity (Wildman–Crippen MR) is 90.0 cm³/mol. The summed E-state index contributed by atoms with van der Waals surface area (Å²) in [6.07, 6.45) is 0. The average Bonchev–Trinajstić information content (AvgIpc) is 2.56. The van der Waals surface area contributed by atoms with Crippen LogP contribution in [0.3, 0.4) is 0 Å². The molecular formula is C15H25N7. The van der Waals surface area contributed by atoms with Gasteiger partial charge < -0.3 is 25.8 Å². The van der Waals surface area contributed by atoms with E-state index in [-0.39, 0.29) is 5.84 Å². The maximum Gasteiger partial charge on any atom is 0.141 e. The van der Waals surface area contributed by atoms with Crippen molar-refractivity contribution in [2.45, 2.75) is 0 Å². The number of aromatic nitrogens is 1. The van der Waals surface area contributed by atoms with Crippen molar-refractivity contribution in [2.75, 3.05) is 69.2 Å². The lowest BCUT2D eigenvalue weighted by Gasteiger charge is -2.35. The molecule has 3 rings (SSSR count). The molecule has 0 bridgehead atoms. The largest absolute Gasteiger partial charge is 0.382 e. The van der Waals surface area contributed by atoms with Crippen LogP contribution in [0.4, 0.5) is 11.5 Å². The van der Waals surface area contributed by atoms with E-state index in [1.165, 1.54) is 0 Å². The van der Waals surface area contributed by atoms with Crippen LogP contribution in [0.1, 0.15) is 5.69 Å². The quantitative estimate of drug-likeness (QED) is 0.517. The fourth-order valence-corrected chi connectivity index (χ4v) is 2.94. The first-order chi connectivity index (χ1) is 10.6. The van der Waals surface area contributed by atoms with Gasteiger partial charge in [0.1, 0.15) is 17.3 Å². The Bertz CT molecular complexity index is 531. The predicted octanol–water partition coefficient (Wildman–Crippen LogP) is -0.473. The van der Waals surface area contributed by atoms with E-state index in [4.69, 9.17) is 11.1 Å². The molecule has 2 aliphatic heterocycles. The Balaban J connectivity index is 1.88. The fraction of sp³-hybridized carbons (Fsp3) is 0.600. The van der Waals surface area contributed by atoms with E-state index in [0.717, 1.165) is 63.9 Å². The molecule has 0 amide bonds. The number of hydrogen-bond acceptors (Lipinski definition) is 6. The molecule has 1 aromatic rings. The van der Waals surface area contributed by atoms with E-state index < -0.39 is 0 Å². The molecule has 22 heavy (non-hydrogen) atoms. The number of anilines is 2. The highest BCUT2D eigenvalue weighted by atomic mass is 15.3. The van der Waals surface area contributed by atoms with Crippen LogP contribution in [0.25, 0.3) is 0 Å². The molecule has 1 aromatic heterocycles. The van der Waals surface area contributed by atoms with Crippen LogP contribution in [0.2, 0.25) is 0 Å². The van der Waals surface area contributed by atoms with E-state index in [1.54, 1.807) is 0 Å². The number of rotatable bonds is 3. The number of nitrogens with one attached hydrogen (secondary N) is 2. The first-order valence-electron chi connectivity index (χ1n) is 7.89. The summed E-state index contributed by atoms with van der Waals surface area (Å²) in [4.78, 5) is 11.5. The molecule has 7 heteroatoms. The van der Waals surface area contributed by atoms with Gasteiger partial charge >= 0.3 is 0 Å². The number of nitrogen functional groups attached to an aromatic ring is 1. The van der Waals surface area contributed by atoms with Gasteiger partial charge in [0.05, 0.1) is 0 Å². The molecule has 0 aromatic carbocycles. The third-order valence-electron chi connectivity index (χ3n) is 4.38. The molecule has 0 unspecified atom stereocenters. The average molecular weight is 303 g/mol. The second-order valence-electron chi connectivity index (χ2n) is 6.01. The standard InChI is InChI=1S/C15H25N7/c1-20-6-8-22(9-7-20)14-11-12(10-13(19-14)15(16)17)21-4-2-18-3-5-21/h10-11,18H,2-9H2,1H3,(H3,16,17). The van der Waals surface area contributed by atoms with Gasteiger partial charge in [0, 0.05) is 64.1 Å². The van der Waals surface area contributed by atoms with E-state index in [0.29, 0.717) is 5.69 Å². The van der Waals surface area contributed by atoms with E-state index >= 15 is 0 Å². The number of piperazine rings is 2. The van der Waals surface area contributed by atoms with Gasteiger partial charge in [0.15, 0.2) is 0 Å². The van der Waals surface area contributed by atoms with Crippen LogP contribution < -0.4 is 20.9 Å². The van der Waals surface area contributed by atoms with Gasteiger partial charge in [-0.2, -0.15) is 0 Å². The highest BCUT2D eigenvalue weighted by Gasteiger charge is 2.19. The molecular weight excluding hydrogens is 278 g/mol. The first-order valence-corrected chi connectivity index (χ1v) is 7.89. The molecule has 2 saturated heterocycles. The smallest absolute Gasteiger partial charge is 0.141 e. The Hall–Kier alpha value is -1.86. The Morgan fingerprint density at radius 3 is 2.41 bits per heavy atom. The lowest BCUT2D eigenvalue weighted by molar-refractivity contribution is 0.312. The van der Waals surface area contributed by atoms with E-state index in [1.807, 2.05) is 6.07 Å². The molecule has 0 aliphatic carbocycles. The van der Waals surface area contributed by atoms with Gasteiger partial charge in [0.25, 0.3) is 0 Å². The number of amidine groups is 1. The number of pyridine rings is 1. The zero-order valence-electron chi connectivity index (χ0n) is 13.2. The van der Waals surface area contributed by atoms with Gasteiger partial charge in [-0.3, -0.25) is 5.41 Å². The summed E-state index contributed by atoms with van der Waals surface area (Å²) in [6.45, 7) is 7.93. The Labute approximate surface area is 131 Å². The van der Waals surface area contributed by atoms with Crippen LogP contribution in [-0.4, -0.2) is 75.1 Å². The minimum absolute atomic E-state index is 0.0346. The van der Waals surface area contributed by atoms with Crippen molar-refractivity contribution in [3.63, 3.8) is 0 Å². The lowest BCUT2D eigenvalue weighted by atomic mass is 10.2. The van der Waals surface area contributed by atoms with Crippen molar-refractivity contribution in [3.05, 3.63) is 17.8 Å². The maximum absolute atomic E-state index is 7.75. The van der Waals surface area contributed by atoms with Crippen LogP contribution in [0, 0.1) is 5.41 Å². The summed E-state index contributed by atoms with van der Waals surface area (Å²) in [5, 5.41) is 11.1. The molecule has 3 heterocycles. The molecule has 4 N–H and O–H groups in total. The van der Waals surface area contributed by atoms with Gasteiger partial charge in [-0.1, -0.05) is 0 Å². The van der Waals surface area contributed by atoms with Crippen molar-refractivity contribution in [3.8, 4) is 0 Å². The second-order valence-corrected chi connectivity index (χ2v) is 6.01. The Morgan fingerprint density at radius 1 is 1.09 bits per heavy atom. The molecule has 0 atom stereocenters. The molecule has 120 valence electrons. The molecule has 7 nitrogen and oxygen atoms in total. The minimum atomic E-state index is 0.0346. The van der Waals surface area contributed by atoms with Crippen molar-refractivity contribution in [1.82, 2.24) is 15.2 Å². The van der Waals surface area contributed by atoms with Crippen LogP contribution in [0.5, 0.6) is 0 Å². The zero-order chi connectivity index (χ0) is 15.5. The molecule has 0 radical (unpaired) electrons. The minimum Gasteiger partial charge on any atom is -0.382 e. The normalized spacial score (nSPS) is 20.2. The fourth-order valence-electron chi connectivity index (χ4n) is 2.94. The second kappa shape index (κ2) is 6.50. The number of nitrogens with zero attached hydrogens (tertiary/aromatic N) is 4. The van der Waals surface area contributed by atoms with Crippen molar-refractivity contribution < 1.29 is 0 Å². The summed E-state index contributed by atoms with van der Waals surface area (Å²) in [7, 11) is 2.14. The summed E-state index contributed by atoms with van der Waals surface area (Å²) in [5.41, 5.74) is 7.39. The summed E-state index contributed by atoms with van der Waals surface area (Å²) >= 11 is 0.